The zero-order valence-corrected chi connectivity index (χ0v) is 17.3. The van der Waals surface area contributed by atoms with Gasteiger partial charge in [0, 0.05) is 17.9 Å². The van der Waals surface area contributed by atoms with E-state index in [0.29, 0.717) is 17.9 Å². The molecule has 0 saturated carbocycles. The number of hydrogen-bond acceptors (Lipinski definition) is 4. The Labute approximate surface area is 175 Å². The topological polar surface area (TPSA) is 89.3 Å². The predicted octanol–water partition coefficient (Wildman–Crippen LogP) is 4.19. The fourth-order valence-electron chi connectivity index (χ4n) is 2.86. The maximum absolute atomic E-state index is 12.3. The van der Waals surface area contributed by atoms with E-state index in [1.807, 2.05) is 36.4 Å². The van der Waals surface area contributed by atoms with Gasteiger partial charge in [0.25, 0.3) is 0 Å². The first-order chi connectivity index (χ1) is 13.9. The van der Waals surface area contributed by atoms with E-state index in [9.17, 15) is 13.2 Å². The maximum Gasteiger partial charge on any atom is 0.238 e. The molecule has 0 fully saturated rings. The van der Waals surface area contributed by atoms with Crippen LogP contribution in [0.4, 0.5) is 5.69 Å². The first kappa shape index (κ1) is 21.1. The van der Waals surface area contributed by atoms with Gasteiger partial charge in [0.05, 0.1) is 10.1 Å². The number of carbonyl (C=O) groups is 1. The maximum atomic E-state index is 12.3. The molecule has 0 aliphatic carbocycles. The standard InChI is InChI=1S/C22H22N2O3S2/c23-29(26,27)20-13-11-19(12-14-20)24-21(25)15-16-28-22(17-7-3-1-4-8-17)18-9-5-2-6-10-18/h1-14,22H,15-16H2,(H,24,25)(H2,23,26,27). The van der Waals surface area contributed by atoms with Crippen LogP contribution in [0.3, 0.4) is 0 Å². The van der Waals surface area contributed by atoms with Crippen LogP contribution in [-0.4, -0.2) is 20.1 Å². The number of amides is 1. The summed E-state index contributed by atoms with van der Waals surface area (Å²) in [4.78, 5) is 12.3. The second-order valence-corrected chi connectivity index (χ2v) is 9.21. The van der Waals surface area contributed by atoms with Crippen LogP contribution in [0, 0.1) is 0 Å². The van der Waals surface area contributed by atoms with Crippen molar-refractivity contribution < 1.29 is 13.2 Å². The Morgan fingerprint density at radius 3 is 1.86 bits per heavy atom. The minimum absolute atomic E-state index is 0.0135. The Hall–Kier alpha value is -2.61. The molecule has 0 aromatic heterocycles. The highest BCUT2D eigenvalue weighted by Gasteiger charge is 2.15. The van der Waals surface area contributed by atoms with E-state index in [0.717, 1.165) is 0 Å². The van der Waals surface area contributed by atoms with Crippen molar-refractivity contribution in [2.75, 3.05) is 11.1 Å². The van der Waals surface area contributed by atoms with Crippen LogP contribution in [0.1, 0.15) is 22.8 Å². The fraction of sp³-hybridized carbons (Fsp3) is 0.136. The third kappa shape index (κ3) is 6.19. The van der Waals surface area contributed by atoms with Crippen LogP contribution >= 0.6 is 11.8 Å². The minimum atomic E-state index is -3.74. The van der Waals surface area contributed by atoms with Crippen molar-refractivity contribution in [2.24, 2.45) is 5.14 Å². The van der Waals surface area contributed by atoms with E-state index in [-0.39, 0.29) is 16.1 Å². The summed E-state index contributed by atoms with van der Waals surface area (Å²) in [6, 6.07) is 26.2. The van der Waals surface area contributed by atoms with Crippen molar-refractivity contribution in [2.45, 2.75) is 16.6 Å². The molecular formula is C22H22N2O3S2. The molecule has 3 rings (SSSR count). The number of primary sulfonamides is 1. The van der Waals surface area contributed by atoms with Gasteiger partial charge in [0.15, 0.2) is 0 Å². The number of thioether (sulfide) groups is 1. The minimum Gasteiger partial charge on any atom is -0.326 e. The van der Waals surface area contributed by atoms with Crippen molar-refractivity contribution in [1.82, 2.24) is 0 Å². The van der Waals surface area contributed by atoms with Gasteiger partial charge in [-0.15, -0.1) is 11.8 Å². The van der Waals surface area contributed by atoms with Gasteiger partial charge in [-0.3, -0.25) is 4.79 Å². The molecule has 1 amide bonds. The Morgan fingerprint density at radius 1 is 0.862 bits per heavy atom. The fourth-order valence-corrected chi connectivity index (χ4v) is 4.62. The summed E-state index contributed by atoms with van der Waals surface area (Å²) in [5.41, 5.74) is 2.93. The summed E-state index contributed by atoms with van der Waals surface area (Å²) in [6.07, 6.45) is 0.345. The molecule has 0 saturated heterocycles. The first-order valence-corrected chi connectivity index (χ1v) is 11.7. The number of anilines is 1. The smallest absolute Gasteiger partial charge is 0.238 e. The predicted molar refractivity (Wildman–Crippen MR) is 118 cm³/mol. The van der Waals surface area contributed by atoms with E-state index < -0.39 is 10.0 Å². The lowest BCUT2D eigenvalue weighted by molar-refractivity contribution is -0.115. The van der Waals surface area contributed by atoms with Gasteiger partial charge in [-0.05, 0) is 35.4 Å². The molecule has 0 aliphatic rings. The van der Waals surface area contributed by atoms with Crippen LogP contribution in [0.2, 0.25) is 0 Å². The summed E-state index contributed by atoms with van der Waals surface area (Å²) in [5.74, 6) is 0.524. The zero-order chi connectivity index (χ0) is 20.7. The Morgan fingerprint density at radius 2 is 1.38 bits per heavy atom. The van der Waals surface area contributed by atoms with E-state index in [4.69, 9.17) is 5.14 Å². The van der Waals surface area contributed by atoms with Crippen molar-refractivity contribution in [3.63, 3.8) is 0 Å². The number of benzene rings is 3. The van der Waals surface area contributed by atoms with Crippen molar-refractivity contribution in [1.29, 1.82) is 0 Å². The first-order valence-electron chi connectivity index (χ1n) is 9.08. The van der Waals surface area contributed by atoms with Crippen molar-refractivity contribution >= 4 is 33.4 Å². The molecule has 29 heavy (non-hydrogen) atoms. The van der Waals surface area contributed by atoms with Gasteiger partial charge in [0.1, 0.15) is 0 Å². The molecule has 5 nitrogen and oxygen atoms in total. The van der Waals surface area contributed by atoms with E-state index in [1.54, 1.807) is 11.8 Å². The second kappa shape index (κ2) is 9.73. The average molecular weight is 427 g/mol. The summed E-state index contributed by atoms with van der Waals surface area (Å²) < 4.78 is 22.6. The molecule has 0 aliphatic heterocycles. The summed E-state index contributed by atoms with van der Waals surface area (Å²) >= 11 is 1.72. The molecule has 0 unspecified atom stereocenters. The van der Waals surface area contributed by atoms with Gasteiger partial charge in [0.2, 0.25) is 15.9 Å². The molecule has 3 N–H and O–H groups in total. The summed E-state index contributed by atoms with van der Waals surface area (Å²) in [5, 5.41) is 8.02. The van der Waals surface area contributed by atoms with E-state index >= 15 is 0 Å². The molecule has 3 aromatic rings. The zero-order valence-electron chi connectivity index (χ0n) is 15.7. The van der Waals surface area contributed by atoms with E-state index in [1.165, 1.54) is 35.4 Å². The molecule has 0 bridgehead atoms. The normalized spacial score (nSPS) is 11.4. The van der Waals surface area contributed by atoms with E-state index in [2.05, 4.69) is 29.6 Å². The van der Waals surface area contributed by atoms with Crippen LogP contribution in [0.5, 0.6) is 0 Å². The quantitative estimate of drug-likeness (QED) is 0.565. The number of rotatable bonds is 8. The number of hydrogen-bond donors (Lipinski definition) is 2. The lowest BCUT2D eigenvalue weighted by Gasteiger charge is -2.17. The summed E-state index contributed by atoms with van der Waals surface area (Å²) in [6.45, 7) is 0. The number of carbonyl (C=O) groups excluding carboxylic acids is 1. The Bertz CT molecular complexity index is 999. The number of sulfonamides is 1. The Kier molecular flexibility index (Phi) is 7.09. The molecule has 3 aromatic carbocycles. The molecule has 0 heterocycles. The van der Waals surface area contributed by atoms with Gasteiger partial charge < -0.3 is 5.32 Å². The Balaban J connectivity index is 1.59. The third-order valence-corrected chi connectivity index (χ3v) is 6.53. The second-order valence-electron chi connectivity index (χ2n) is 6.44. The summed E-state index contributed by atoms with van der Waals surface area (Å²) in [7, 11) is -3.74. The van der Waals surface area contributed by atoms with Gasteiger partial charge >= 0.3 is 0 Å². The molecule has 150 valence electrons. The molecule has 0 atom stereocenters. The SMILES string of the molecule is NS(=O)(=O)c1ccc(NC(=O)CCSC(c2ccccc2)c2ccccc2)cc1. The largest absolute Gasteiger partial charge is 0.326 e. The van der Waals surface area contributed by atoms with Gasteiger partial charge in [-0.2, -0.15) is 0 Å². The molecule has 0 radical (unpaired) electrons. The number of nitrogens with two attached hydrogens (primary N) is 1. The monoisotopic (exact) mass is 426 g/mol. The highest BCUT2D eigenvalue weighted by atomic mass is 32.2. The van der Waals surface area contributed by atoms with Crippen LogP contribution in [0.25, 0.3) is 0 Å². The molecular weight excluding hydrogens is 404 g/mol. The number of nitrogens with one attached hydrogen (secondary N) is 1. The lowest BCUT2D eigenvalue weighted by atomic mass is 10.0. The lowest BCUT2D eigenvalue weighted by Crippen LogP contribution is -2.14. The van der Waals surface area contributed by atoms with Gasteiger partial charge in [-0.1, -0.05) is 60.7 Å². The highest BCUT2D eigenvalue weighted by Crippen LogP contribution is 2.35. The van der Waals surface area contributed by atoms with Crippen LogP contribution in [-0.2, 0) is 14.8 Å². The molecule has 7 heteroatoms. The van der Waals surface area contributed by atoms with Crippen LogP contribution < -0.4 is 10.5 Å². The van der Waals surface area contributed by atoms with Crippen molar-refractivity contribution in [3.8, 4) is 0 Å². The van der Waals surface area contributed by atoms with Crippen LogP contribution in [0.15, 0.2) is 89.8 Å². The highest BCUT2D eigenvalue weighted by molar-refractivity contribution is 7.99. The van der Waals surface area contributed by atoms with Gasteiger partial charge in [-0.25, -0.2) is 13.6 Å². The molecule has 0 spiro atoms. The average Bonchev–Trinajstić information content (AvgIpc) is 2.72. The van der Waals surface area contributed by atoms with Crippen molar-refractivity contribution in [3.05, 3.63) is 96.1 Å². The third-order valence-electron chi connectivity index (χ3n) is 4.28.